The minimum atomic E-state index is -0.126. The Morgan fingerprint density at radius 2 is 2.03 bits per heavy atom. The van der Waals surface area contributed by atoms with Crippen LogP contribution >= 0.6 is 15.9 Å². The van der Waals surface area contributed by atoms with Gasteiger partial charge < -0.3 is 14.8 Å². The summed E-state index contributed by atoms with van der Waals surface area (Å²) in [5, 5.41) is 16.3. The highest BCUT2D eigenvalue weighted by molar-refractivity contribution is 9.10. The fourth-order valence-corrected chi connectivity index (χ4v) is 3.78. The number of hydrogen-bond acceptors (Lipinski definition) is 6. The maximum atomic E-state index is 12.6. The fraction of sp³-hybridized carbons (Fsp3) is 0.300. The molecule has 8 nitrogen and oxygen atoms in total. The molecule has 4 rings (SSSR count). The normalized spacial score (nSPS) is 12.6. The predicted octanol–water partition coefficient (Wildman–Crippen LogP) is 3.32. The van der Waals surface area contributed by atoms with Gasteiger partial charge in [0.2, 0.25) is 5.91 Å². The molecule has 1 aromatic carbocycles. The van der Waals surface area contributed by atoms with Crippen molar-refractivity contribution in [2.75, 3.05) is 18.5 Å². The third kappa shape index (κ3) is 3.63. The number of ether oxygens (including phenoxy) is 2. The minimum absolute atomic E-state index is 0.126. The maximum Gasteiger partial charge on any atom is 0.224 e. The molecule has 0 aliphatic carbocycles. The lowest BCUT2D eigenvalue weighted by Crippen LogP contribution is -2.17. The summed E-state index contributed by atoms with van der Waals surface area (Å²) in [4.78, 5) is 17.1. The van der Waals surface area contributed by atoms with E-state index in [4.69, 9.17) is 9.47 Å². The van der Waals surface area contributed by atoms with E-state index in [1.165, 1.54) is 6.20 Å². The van der Waals surface area contributed by atoms with Gasteiger partial charge in [0, 0.05) is 34.4 Å². The number of nitriles is 1. The highest BCUT2D eigenvalue weighted by Gasteiger charge is 2.18. The molecule has 3 aromatic rings. The van der Waals surface area contributed by atoms with Crippen LogP contribution in [0.15, 0.2) is 22.8 Å². The Morgan fingerprint density at radius 1 is 1.31 bits per heavy atom. The lowest BCUT2D eigenvalue weighted by Gasteiger charge is -2.20. The van der Waals surface area contributed by atoms with Gasteiger partial charge in [-0.3, -0.25) is 4.79 Å². The molecule has 2 aromatic heterocycles. The zero-order valence-electron chi connectivity index (χ0n) is 16.0. The molecule has 1 aliphatic rings. The van der Waals surface area contributed by atoms with E-state index in [-0.39, 0.29) is 12.3 Å². The van der Waals surface area contributed by atoms with Crippen LogP contribution in [0.5, 0.6) is 11.5 Å². The number of nitrogens with zero attached hydrogens (tertiary/aromatic N) is 4. The number of benzene rings is 1. The highest BCUT2D eigenvalue weighted by Crippen LogP contribution is 2.38. The number of anilines is 1. The van der Waals surface area contributed by atoms with Gasteiger partial charge >= 0.3 is 0 Å². The number of amides is 1. The van der Waals surface area contributed by atoms with Crippen LogP contribution in [0.3, 0.4) is 0 Å². The van der Waals surface area contributed by atoms with Gasteiger partial charge in [0.15, 0.2) is 17.1 Å². The summed E-state index contributed by atoms with van der Waals surface area (Å²) < 4.78 is 13.5. The van der Waals surface area contributed by atoms with Crippen LogP contribution < -0.4 is 14.8 Å². The Bertz CT molecular complexity index is 1170. The number of fused-ring (bicyclic) bond motifs is 2. The smallest absolute Gasteiger partial charge is 0.224 e. The largest absolute Gasteiger partial charge is 0.486 e. The molecule has 0 saturated carbocycles. The van der Waals surface area contributed by atoms with Crippen molar-refractivity contribution < 1.29 is 14.3 Å². The monoisotopic (exact) mass is 455 g/mol. The fourth-order valence-electron chi connectivity index (χ4n) is 3.36. The highest BCUT2D eigenvalue weighted by atomic mass is 79.9. The van der Waals surface area contributed by atoms with Crippen molar-refractivity contribution in [2.24, 2.45) is 0 Å². The molecule has 1 aliphatic heterocycles. The first kappa shape index (κ1) is 19.2. The number of nitrogens with one attached hydrogen (secondary N) is 1. The van der Waals surface area contributed by atoms with E-state index < -0.39 is 0 Å². The number of rotatable bonds is 4. The second kappa shape index (κ2) is 7.72. The van der Waals surface area contributed by atoms with Gasteiger partial charge in [-0.05, 0) is 41.8 Å². The average molecular weight is 456 g/mol. The molecule has 148 valence electrons. The molecule has 0 saturated heterocycles. The summed E-state index contributed by atoms with van der Waals surface area (Å²) in [5.74, 6) is 1.14. The van der Waals surface area contributed by atoms with E-state index in [1.54, 1.807) is 16.6 Å². The molecule has 1 N–H and O–H groups in total. The van der Waals surface area contributed by atoms with Crippen LogP contribution in [0.2, 0.25) is 0 Å². The molecule has 0 atom stereocenters. The Labute approximate surface area is 175 Å². The van der Waals surface area contributed by atoms with Crippen molar-refractivity contribution in [1.29, 1.82) is 5.26 Å². The van der Waals surface area contributed by atoms with Gasteiger partial charge in [-0.2, -0.15) is 10.4 Å². The molecule has 3 heterocycles. The molecule has 1 amide bonds. The molecule has 0 unspecified atom stereocenters. The van der Waals surface area contributed by atoms with Crippen molar-refractivity contribution >= 4 is 33.2 Å². The van der Waals surface area contributed by atoms with E-state index in [9.17, 15) is 10.1 Å². The number of aromatic nitrogens is 3. The first-order valence-electron chi connectivity index (χ1n) is 9.11. The van der Waals surface area contributed by atoms with Crippen molar-refractivity contribution in [3.8, 4) is 17.6 Å². The van der Waals surface area contributed by atoms with Gasteiger partial charge in [-0.1, -0.05) is 0 Å². The number of aryl methyl sites for hydroxylation is 2. The van der Waals surface area contributed by atoms with Crippen molar-refractivity contribution in [3.63, 3.8) is 0 Å². The van der Waals surface area contributed by atoms with Crippen LogP contribution in [0.1, 0.15) is 28.9 Å². The maximum absolute atomic E-state index is 12.6. The van der Waals surface area contributed by atoms with E-state index in [2.05, 4.69) is 37.4 Å². The molecule has 9 heteroatoms. The van der Waals surface area contributed by atoms with E-state index in [0.29, 0.717) is 48.0 Å². The van der Waals surface area contributed by atoms with Crippen molar-refractivity contribution in [1.82, 2.24) is 14.6 Å². The minimum Gasteiger partial charge on any atom is -0.486 e. The first-order valence-corrected chi connectivity index (χ1v) is 9.90. The third-order valence-corrected chi connectivity index (χ3v) is 5.49. The van der Waals surface area contributed by atoms with Gasteiger partial charge in [0.05, 0.1) is 11.9 Å². The summed E-state index contributed by atoms with van der Waals surface area (Å²) in [6, 6.07) is 5.64. The molecule has 0 fully saturated rings. The zero-order valence-corrected chi connectivity index (χ0v) is 17.5. The Morgan fingerprint density at radius 3 is 2.76 bits per heavy atom. The second-order valence-corrected chi connectivity index (χ2v) is 7.54. The Kier molecular flexibility index (Phi) is 5.11. The molecule has 0 spiro atoms. The standard InChI is InChI=1S/C20H18BrN5O3/c1-11-14(12(2)26-20(24-11)13(9-22)10-23-26)3-4-19(27)25-16-8-18-17(7-15(16)21)28-5-6-29-18/h7-8,10H,3-6H2,1-2H3,(H,25,27). The van der Waals surface area contributed by atoms with E-state index in [0.717, 1.165) is 21.4 Å². The first-order chi connectivity index (χ1) is 14.0. The topological polar surface area (TPSA) is 102 Å². The van der Waals surface area contributed by atoms with E-state index in [1.807, 2.05) is 13.8 Å². The molecular formula is C20H18BrN5O3. The van der Waals surface area contributed by atoms with Gasteiger partial charge in [0.1, 0.15) is 24.8 Å². The molecule has 0 bridgehead atoms. The van der Waals surface area contributed by atoms with Crippen molar-refractivity contribution in [2.45, 2.75) is 26.7 Å². The zero-order chi connectivity index (χ0) is 20.5. The predicted molar refractivity (Wildman–Crippen MR) is 109 cm³/mol. The van der Waals surface area contributed by atoms with Crippen LogP contribution in [-0.4, -0.2) is 33.7 Å². The van der Waals surface area contributed by atoms with Crippen LogP contribution in [-0.2, 0) is 11.2 Å². The lowest BCUT2D eigenvalue weighted by molar-refractivity contribution is -0.116. The number of carbonyl (C=O) groups excluding carboxylic acids is 1. The van der Waals surface area contributed by atoms with Gasteiger partial charge in [-0.15, -0.1) is 0 Å². The average Bonchev–Trinajstić information content (AvgIpc) is 3.11. The lowest BCUT2D eigenvalue weighted by atomic mass is 10.1. The summed E-state index contributed by atoms with van der Waals surface area (Å²) in [6.07, 6.45) is 2.29. The van der Waals surface area contributed by atoms with Crippen LogP contribution in [0.25, 0.3) is 5.65 Å². The van der Waals surface area contributed by atoms with Gasteiger partial charge in [0.25, 0.3) is 0 Å². The van der Waals surface area contributed by atoms with E-state index >= 15 is 0 Å². The number of halogens is 1. The van der Waals surface area contributed by atoms with Crippen LogP contribution in [0.4, 0.5) is 5.69 Å². The molecule has 0 radical (unpaired) electrons. The summed E-state index contributed by atoms with van der Waals surface area (Å²) in [6.45, 7) is 4.79. The summed E-state index contributed by atoms with van der Waals surface area (Å²) in [5.41, 5.74) is 4.22. The Balaban J connectivity index is 1.50. The number of hydrogen-bond donors (Lipinski definition) is 1. The second-order valence-electron chi connectivity index (χ2n) is 6.69. The van der Waals surface area contributed by atoms with Gasteiger partial charge in [-0.25, -0.2) is 9.50 Å². The van der Waals surface area contributed by atoms with Crippen LogP contribution in [0, 0.1) is 25.2 Å². The number of carbonyl (C=O) groups is 1. The summed E-state index contributed by atoms with van der Waals surface area (Å²) in [7, 11) is 0. The molecular weight excluding hydrogens is 438 g/mol. The molecule has 29 heavy (non-hydrogen) atoms. The van der Waals surface area contributed by atoms with Crippen molar-refractivity contribution in [3.05, 3.63) is 45.3 Å². The SMILES string of the molecule is Cc1nc2c(C#N)cnn2c(C)c1CCC(=O)Nc1cc2c(cc1Br)OCCO2. The summed E-state index contributed by atoms with van der Waals surface area (Å²) >= 11 is 3.46. The third-order valence-electron chi connectivity index (χ3n) is 4.84. The Hall–Kier alpha value is -3.12. The quantitative estimate of drug-likeness (QED) is 0.647.